The first-order valence-electron chi connectivity index (χ1n) is 9.21. The van der Waals surface area contributed by atoms with Gasteiger partial charge in [0.2, 0.25) is 11.8 Å². The van der Waals surface area contributed by atoms with Crippen LogP contribution in [0.1, 0.15) is 39.5 Å². The first-order valence-corrected chi connectivity index (χ1v) is 10.6. The van der Waals surface area contributed by atoms with E-state index in [0.717, 1.165) is 0 Å². The van der Waals surface area contributed by atoms with Crippen LogP contribution in [0, 0.1) is 5.92 Å². The molecule has 0 aromatic heterocycles. The van der Waals surface area contributed by atoms with Gasteiger partial charge in [-0.25, -0.2) is 4.79 Å². The highest BCUT2D eigenvalue weighted by atomic mass is 32.2. The second-order valence-electron chi connectivity index (χ2n) is 6.93. The first-order chi connectivity index (χ1) is 13.1. The van der Waals surface area contributed by atoms with Crippen molar-refractivity contribution in [2.24, 2.45) is 28.1 Å². The quantitative estimate of drug-likeness (QED) is 0.120. The van der Waals surface area contributed by atoms with Crippen molar-refractivity contribution in [3.05, 3.63) is 0 Å². The Hall–Kier alpha value is -2.01. The normalized spacial score (nSPS) is 14.0. The summed E-state index contributed by atoms with van der Waals surface area (Å²) < 4.78 is 0. The fraction of sp³-hybridized carbons (Fsp3) is 0.765. The largest absolute Gasteiger partial charge is 0.480 e. The van der Waals surface area contributed by atoms with Gasteiger partial charge < -0.3 is 32.9 Å². The van der Waals surface area contributed by atoms with Crippen molar-refractivity contribution in [2.75, 3.05) is 18.6 Å². The summed E-state index contributed by atoms with van der Waals surface area (Å²) in [6.45, 7) is 4.10. The Kier molecular flexibility index (Phi) is 13.0. The van der Waals surface area contributed by atoms with Crippen molar-refractivity contribution >= 4 is 35.5 Å². The Morgan fingerprint density at radius 2 is 1.68 bits per heavy atom. The minimum absolute atomic E-state index is 0.0267. The number of hydrogen-bond acceptors (Lipinski definition) is 6. The zero-order valence-electron chi connectivity index (χ0n) is 16.8. The lowest BCUT2D eigenvalue weighted by atomic mass is 10.0. The van der Waals surface area contributed by atoms with E-state index < -0.39 is 35.9 Å². The molecule has 0 aromatic rings. The molecule has 28 heavy (non-hydrogen) atoms. The average Bonchev–Trinajstić information content (AvgIpc) is 2.60. The molecule has 0 heterocycles. The van der Waals surface area contributed by atoms with Gasteiger partial charge in [-0.1, -0.05) is 13.8 Å². The van der Waals surface area contributed by atoms with Crippen molar-refractivity contribution in [1.82, 2.24) is 10.6 Å². The van der Waals surface area contributed by atoms with Crippen LogP contribution in [-0.4, -0.2) is 65.5 Å². The van der Waals surface area contributed by atoms with Crippen molar-refractivity contribution in [3.63, 3.8) is 0 Å². The maximum atomic E-state index is 12.6. The van der Waals surface area contributed by atoms with Crippen LogP contribution in [0.15, 0.2) is 4.99 Å². The molecule has 0 saturated carbocycles. The highest BCUT2D eigenvalue weighted by Gasteiger charge is 2.28. The van der Waals surface area contributed by atoms with Gasteiger partial charge in [0.25, 0.3) is 0 Å². The number of nitrogens with two attached hydrogens (primary N) is 3. The number of carbonyl (C=O) groups excluding carboxylic acids is 2. The molecule has 0 aliphatic rings. The lowest BCUT2D eigenvalue weighted by Crippen LogP contribution is -2.54. The molecule has 0 rings (SSSR count). The van der Waals surface area contributed by atoms with E-state index in [4.69, 9.17) is 17.2 Å². The Morgan fingerprint density at radius 3 is 2.18 bits per heavy atom. The minimum Gasteiger partial charge on any atom is -0.480 e. The van der Waals surface area contributed by atoms with Crippen LogP contribution in [-0.2, 0) is 14.4 Å². The van der Waals surface area contributed by atoms with Gasteiger partial charge in [0.1, 0.15) is 12.1 Å². The van der Waals surface area contributed by atoms with Crippen molar-refractivity contribution in [1.29, 1.82) is 0 Å². The van der Waals surface area contributed by atoms with Gasteiger partial charge in [-0.2, -0.15) is 11.8 Å². The second kappa shape index (κ2) is 14.1. The molecular weight excluding hydrogens is 384 g/mol. The maximum Gasteiger partial charge on any atom is 0.326 e. The fourth-order valence-electron chi connectivity index (χ4n) is 2.40. The fourth-order valence-corrected chi connectivity index (χ4v) is 2.87. The number of carboxylic acid groups (broad SMARTS) is 1. The topological polar surface area (TPSA) is 186 Å². The highest BCUT2D eigenvalue weighted by Crippen LogP contribution is 2.07. The van der Waals surface area contributed by atoms with Gasteiger partial charge in [0, 0.05) is 6.54 Å². The summed E-state index contributed by atoms with van der Waals surface area (Å²) in [4.78, 5) is 40.1. The predicted octanol–water partition coefficient (Wildman–Crippen LogP) is -0.779. The minimum atomic E-state index is -1.10. The number of thioether (sulfide) groups is 1. The molecular formula is C17H34N6O4S. The number of nitrogens with zero attached hydrogens (tertiary/aromatic N) is 1. The van der Waals surface area contributed by atoms with Gasteiger partial charge in [-0.3, -0.25) is 14.6 Å². The molecule has 0 aliphatic carbocycles. The molecule has 10 nitrogen and oxygen atoms in total. The lowest BCUT2D eigenvalue weighted by Gasteiger charge is -2.23. The van der Waals surface area contributed by atoms with Crippen LogP contribution in [0.5, 0.6) is 0 Å². The van der Waals surface area contributed by atoms with Gasteiger partial charge in [0.05, 0.1) is 6.04 Å². The van der Waals surface area contributed by atoms with E-state index in [1.807, 2.05) is 20.1 Å². The zero-order chi connectivity index (χ0) is 21.7. The summed E-state index contributed by atoms with van der Waals surface area (Å²) in [5, 5.41) is 14.5. The van der Waals surface area contributed by atoms with Crippen molar-refractivity contribution < 1.29 is 19.5 Å². The molecule has 0 spiro atoms. The summed E-state index contributed by atoms with van der Waals surface area (Å²) in [7, 11) is 0. The van der Waals surface area contributed by atoms with Crippen LogP contribution in [0.3, 0.4) is 0 Å². The molecule has 9 N–H and O–H groups in total. The summed E-state index contributed by atoms with van der Waals surface area (Å²) in [5.74, 6) is -1.40. The molecule has 0 aromatic carbocycles. The smallest absolute Gasteiger partial charge is 0.326 e. The van der Waals surface area contributed by atoms with E-state index in [0.29, 0.717) is 38.0 Å². The number of carbonyl (C=O) groups is 3. The Balaban J connectivity index is 4.85. The van der Waals surface area contributed by atoms with Gasteiger partial charge in [-0.05, 0) is 43.6 Å². The third-order valence-corrected chi connectivity index (χ3v) is 4.51. The molecule has 162 valence electrons. The highest BCUT2D eigenvalue weighted by molar-refractivity contribution is 7.98. The molecule has 0 bridgehead atoms. The number of hydrogen-bond donors (Lipinski definition) is 6. The molecule has 0 aliphatic heterocycles. The van der Waals surface area contributed by atoms with Gasteiger partial charge >= 0.3 is 5.97 Å². The van der Waals surface area contributed by atoms with Crippen LogP contribution >= 0.6 is 11.8 Å². The molecule has 11 heteroatoms. The van der Waals surface area contributed by atoms with E-state index in [9.17, 15) is 19.5 Å². The standard InChI is InChI=1S/C17H34N6O4S/c1-10(2)9-13(16(26)27)23-15(25)12(6-8-28-3)22-14(24)11(18)5-4-7-21-17(19)20/h10-13H,4-9,18H2,1-3H3,(H,22,24)(H,23,25)(H,26,27)(H4,19,20,21)/t11-,12-,13-/m0/s1. The Morgan fingerprint density at radius 1 is 1.07 bits per heavy atom. The molecule has 3 atom stereocenters. The third kappa shape index (κ3) is 11.7. The Labute approximate surface area is 170 Å². The number of rotatable bonds is 14. The van der Waals surface area contributed by atoms with Gasteiger partial charge in [0.15, 0.2) is 5.96 Å². The number of aliphatic imine (C=N–C) groups is 1. The lowest BCUT2D eigenvalue weighted by molar-refractivity contribution is -0.142. The first kappa shape index (κ1) is 26.0. The molecule has 0 fully saturated rings. The number of nitrogens with one attached hydrogen (secondary N) is 2. The monoisotopic (exact) mass is 418 g/mol. The summed E-state index contributed by atoms with van der Waals surface area (Å²) in [5.41, 5.74) is 16.3. The van der Waals surface area contributed by atoms with E-state index in [1.165, 1.54) is 11.8 Å². The van der Waals surface area contributed by atoms with Crippen LogP contribution < -0.4 is 27.8 Å². The van der Waals surface area contributed by atoms with Crippen LogP contribution in [0.2, 0.25) is 0 Å². The van der Waals surface area contributed by atoms with Crippen LogP contribution in [0.4, 0.5) is 0 Å². The van der Waals surface area contributed by atoms with Crippen LogP contribution in [0.25, 0.3) is 0 Å². The summed E-state index contributed by atoms with van der Waals surface area (Å²) in [6.07, 6.45) is 3.42. The SMILES string of the molecule is CSCC[C@H](NC(=O)[C@@H](N)CCCN=C(N)N)C(=O)N[C@@H](CC(C)C)C(=O)O. The number of aliphatic carboxylic acids is 1. The predicted molar refractivity (Wildman–Crippen MR) is 112 cm³/mol. The van der Waals surface area contributed by atoms with E-state index in [1.54, 1.807) is 0 Å². The van der Waals surface area contributed by atoms with Crippen molar-refractivity contribution in [3.8, 4) is 0 Å². The summed E-state index contributed by atoms with van der Waals surface area (Å²) in [6, 6.07) is -2.67. The molecule has 0 saturated heterocycles. The maximum absolute atomic E-state index is 12.6. The van der Waals surface area contributed by atoms with E-state index in [-0.39, 0.29) is 11.9 Å². The molecule has 0 unspecified atom stereocenters. The van der Waals surface area contributed by atoms with Gasteiger partial charge in [-0.15, -0.1) is 0 Å². The second-order valence-corrected chi connectivity index (χ2v) is 7.91. The summed E-state index contributed by atoms with van der Waals surface area (Å²) >= 11 is 1.52. The Bertz CT molecular complexity index is 540. The zero-order valence-corrected chi connectivity index (χ0v) is 17.6. The van der Waals surface area contributed by atoms with E-state index >= 15 is 0 Å². The molecule has 0 radical (unpaired) electrons. The third-order valence-electron chi connectivity index (χ3n) is 3.87. The number of guanidine groups is 1. The average molecular weight is 419 g/mol. The molecule has 2 amide bonds. The van der Waals surface area contributed by atoms with E-state index in [2.05, 4.69) is 15.6 Å². The number of carboxylic acids is 1. The number of amides is 2. The van der Waals surface area contributed by atoms with Crippen molar-refractivity contribution in [2.45, 2.75) is 57.7 Å².